The third-order valence-electron chi connectivity index (χ3n) is 2.32. The number of aromatic nitrogens is 2. The highest BCUT2D eigenvalue weighted by atomic mass is 15.0. The highest BCUT2D eigenvalue weighted by Gasteiger charge is 2.00. The van der Waals surface area contributed by atoms with Gasteiger partial charge in [-0.3, -0.25) is 0 Å². The molecular weight excluding hydrogens is 174 g/mol. The van der Waals surface area contributed by atoms with Gasteiger partial charge in [-0.25, -0.2) is 4.98 Å². The molecule has 0 aliphatic heterocycles. The summed E-state index contributed by atoms with van der Waals surface area (Å²) in [5, 5.41) is 8.48. The molecule has 0 saturated heterocycles. The van der Waals surface area contributed by atoms with Crippen LogP contribution in [0.4, 0.5) is 0 Å². The monoisotopic (exact) mass is 185 g/mol. The Bertz CT molecular complexity index is 491. The fourth-order valence-electron chi connectivity index (χ4n) is 1.54. The van der Waals surface area contributed by atoms with Gasteiger partial charge in [-0.05, 0) is 24.1 Å². The topological polar surface area (TPSA) is 41.6 Å². The zero-order valence-electron chi connectivity index (χ0n) is 8.07. The van der Waals surface area contributed by atoms with Gasteiger partial charge in [0, 0.05) is 13.5 Å². The molecular formula is C11H11N3. The highest BCUT2D eigenvalue weighted by molar-refractivity contribution is 5.75. The predicted molar refractivity (Wildman–Crippen MR) is 54.6 cm³/mol. The minimum Gasteiger partial charge on any atom is -0.334 e. The second-order valence-electron chi connectivity index (χ2n) is 3.34. The van der Waals surface area contributed by atoms with E-state index in [0.29, 0.717) is 6.42 Å². The van der Waals surface area contributed by atoms with E-state index in [1.165, 1.54) is 5.56 Å². The maximum atomic E-state index is 8.48. The molecule has 1 aromatic heterocycles. The Morgan fingerprint density at radius 2 is 2.36 bits per heavy atom. The molecule has 0 N–H and O–H groups in total. The fraction of sp³-hybridized carbons (Fsp3) is 0.273. The summed E-state index contributed by atoms with van der Waals surface area (Å²) >= 11 is 0. The van der Waals surface area contributed by atoms with Crippen molar-refractivity contribution in [3.63, 3.8) is 0 Å². The van der Waals surface area contributed by atoms with Crippen LogP contribution >= 0.6 is 0 Å². The zero-order chi connectivity index (χ0) is 9.97. The Balaban J connectivity index is 2.38. The van der Waals surface area contributed by atoms with Crippen LogP contribution in [0.5, 0.6) is 0 Å². The van der Waals surface area contributed by atoms with E-state index in [2.05, 4.69) is 23.2 Å². The second kappa shape index (κ2) is 3.51. The van der Waals surface area contributed by atoms with E-state index in [9.17, 15) is 0 Å². The average molecular weight is 185 g/mol. The van der Waals surface area contributed by atoms with Crippen LogP contribution in [-0.4, -0.2) is 9.55 Å². The van der Waals surface area contributed by atoms with Gasteiger partial charge < -0.3 is 4.57 Å². The third-order valence-corrected chi connectivity index (χ3v) is 2.32. The number of hydrogen-bond donors (Lipinski definition) is 0. The molecule has 70 valence electrons. The molecule has 0 unspecified atom stereocenters. The van der Waals surface area contributed by atoms with Crippen LogP contribution in [-0.2, 0) is 13.5 Å². The summed E-state index contributed by atoms with van der Waals surface area (Å²) in [6.07, 6.45) is 3.18. The smallest absolute Gasteiger partial charge is 0.0955 e. The largest absolute Gasteiger partial charge is 0.334 e. The first-order valence-corrected chi connectivity index (χ1v) is 4.58. The Kier molecular flexibility index (Phi) is 2.19. The van der Waals surface area contributed by atoms with Crippen LogP contribution in [0.15, 0.2) is 24.5 Å². The van der Waals surface area contributed by atoms with Crippen molar-refractivity contribution in [2.75, 3.05) is 0 Å². The van der Waals surface area contributed by atoms with Crippen LogP contribution in [0.25, 0.3) is 11.0 Å². The maximum absolute atomic E-state index is 8.48. The number of hydrogen-bond acceptors (Lipinski definition) is 2. The summed E-state index contributed by atoms with van der Waals surface area (Å²) in [4.78, 5) is 4.27. The van der Waals surface area contributed by atoms with Crippen molar-refractivity contribution >= 4 is 11.0 Å². The predicted octanol–water partition coefficient (Wildman–Crippen LogP) is 2.03. The van der Waals surface area contributed by atoms with E-state index >= 15 is 0 Å². The summed E-state index contributed by atoms with van der Waals surface area (Å²) in [6, 6.07) is 8.30. The lowest BCUT2D eigenvalue weighted by atomic mass is 10.1. The van der Waals surface area contributed by atoms with Crippen LogP contribution in [0.3, 0.4) is 0 Å². The molecule has 0 aliphatic carbocycles. The SMILES string of the molecule is Cn1cnc2cc(CCC#N)ccc21. The lowest BCUT2D eigenvalue weighted by Crippen LogP contribution is -1.86. The number of nitrogens with zero attached hydrogens (tertiary/aromatic N) is 3. The molecule has 0 amide bonds. The number of nitriles is 1. The standard InChI is InChI=1S/C11H11N3/c1-14-8-13-10-7-9(3-2-6-12)4-5-11(10)14/h4-5,7-8H,2-3H2,1H3. The molecule has 0 saturated carbocycles. The van der Waals surface area contributed by atoms with E-state index < -0.39 is 0 Å². The molecule has 2 rings (SSSR count). The van der Waals surface area contributed by atoms with Crippen LogP contribution < -0.4 is 0 Å². The normalized spacial score (nSPS) is 10.3. The quantitative estimate of drug-likeness (QED) is 0.718. The molecule has 3 nitrogen and oxygen atoms in total. The van der Waals surface area contributed by atoms with Crippen LogP contribution in [0, 0.1) is 11.3 Å². The minimum absolute atomic E-state index is 0.568. The lowest BCUT2D eigenvalue weighted by molar-refractivity contribution is 0.947. The number of rotatable bonds is 2. The van der Waals surface area contributed by atoms with Crippen molar-refractivity contribution in [1.29, 1.82) is 5.26 Å². The van der Waals surface area contributed by atoms with E-state index in [1.54, 1.807) is 6.33 Å². The Morgan fingerprint density at radius 1 is 1.50 bits per heavy atom. The van der Waals surface area contributed by atoms with E-state index in [4.69, 9.17) is 5.26 Å². The van der Waals surface area contributed by atoms with Gasteiger partial charge in [0.05, 0.1) is 23.4 Å². The van der Waals surface area contributed by atoms with Crippen molar-refractivity contribution in [3.8, 4) is 6.07 Å². The Hall–Kier alpha value is -1.82. The third kappa shape index (κ3) is 1.47. The summed E-state index contributed by atoms with van der Waals surface area (Å²) in [6.45, 7) is 0. The van der Waals surface area contributed by atoms with Crippen molar-refractivity contribution in [1.82, 2.24) is 9.55 Å². The van der Waals surface area contributed by atoms with Crippen molar-refractivity contribution in [2.24, 2.45) is 7.05 Å². The molecule has 2 aromatic rings. The molecule has 0 aliphatic rings. The summed E-state index contributed by atoms with van der Waals surface area (Å²) < 4.78 is 1.99. The molecule has 1 heterocycles. The van der Waals surface area contributed by atoms with Gasteiger partial charge >= 0.3 is 0 Å². The number of benzene rings is 1. The number of imidazole rings is 1. The number of fused-ring (bicyclic) bond motifs is 1. The van der Waals surface area contributed by atoms with Gasteiger partial charge in [0.25, 0.3) is 0 Å². The van der Waals surface area contributed by atoms with Gasteiger partial charge in [-0.2, -0.15) is 5.26 Å². The van der Waals surface area contributed by atoms with Gasteiger partial charge in [-0.1, -0.05) is 6.07 Å². The summed E-state index contributed by atoms with van der Waals surface area (Å²) in [7, 11) is 1.98. The summed E-state index contributed by atoms with van der Waals surface area (Å²) in [5.74, 6) is 0. The molecule has 3 heteroatoms. The van der Waals surface area contributed by atoms with E-state index in [1.807, 2.05) is 17.7 Å². The van der Waals surface area contributed by atoms with Gasteiger partial charge in [0.2, 0.25) is 0 Å². The molecule has 0 spiro atoms. The highest BCUT2D eigenvalue weighted by Crippen LogP contribution is 2.14. The second-order valence-corrected chi connectivity index (χ2v) is 3.34. The molecule has 1 aromatic carbocycles. The number of aryl methyl sites for hydroxylation is 2. The van der Waals surface area contributed by atoms with Gasteiger partial charge in [-0.15, -0.1) is 0 Å². The average Bonchev–Trinajstić information content (AvgIpc) is 2.57. The first kappa shape index (κ1) is 8.76. The van der Waals surface area contributed by atoms with E-state index in [-0.39, 0.29) is 0 Å². The summed E-state index contributed by atoms with van der Waals surface area (Å²) in [5.41, 5.74) is 3.31. The first-order chi connectivity index (χ1) is 6.81. The zero-order valence-corrected chi connectivity index (χ0v) is 8.07. The van der Waals surface area contributed by atoms with Crippen LogP contribution in [0.2, 0.25) is 0 Å². The first-order valence-electron chi connectivity index (χ1n) is 4.58. The molecule has 14 heavy (non-hydrogen) atoms. The Morgan fingerprint density at radius 3 is 3.14 bits per heavy atom. The van der Waals surface area contributed by atoms with Crippen molar-refractivity contribution in [2.45, 2.75) is 12.8 Å². The Labute approximate surface area is 82.6 Å². The molecule has 0 radical (unpaired) electrons. The van der Waals surface area contributed by atoms with Gasteiger partial charge in [0.1, 0.15) is 0 Å². The molecule has 0 bridgehead atoms. The molecule has 0 fully saturated rings. The van der Waals surface area contributed by atoms with Gasteiger partial charge in [0.15, 0.2) is 0 Å². The van der Waals surface area contributed by atoms with Crippen molar-refractivity contribution < 1.29 is 0 Å². The fourth-order valence-corrected chi connectivity index (χ4v) is 1.54. The van der Waals surface area contributed by atoms with E-state index in [0.717, 1.165) is 17.5 Å². The maximum Gasteiger partial charge on any atom is 0.0955 e. The minimum atomic E-state index is 0.568. The van der Waals surface area contributed by atoms with Crippen molar-refractivity contribution in [3.05, 3.63) is 30.1 Å². The van der Waals surface area contributed by atoms with Crippen LogP contribution in [0.1, 0.15) is 12.0 Å². The molecule has 0 atom stereocenters. The lowest BCUT2D eigenvalue weighted by Gasteiger charge is -1.98.